The number of hydrogen-bond donors (Lipinski definition) is 2. The van der Waals surface area contributed by atoms with Crippen LogP contribution in [0.4, 0.5) is 11.4 Å². The average molecular weight is 328 g/mol. The summed E-state index contributed by atoms with van der Waals surface area (Å²) < 4.78 is 0. The van der Waals surface area contributed by atoms with Crippen molar-refractivity contribution in [3.05, 3.63) is 54.1 Å². The molecule has 0 radical (unpaired) electrons. The number of hydrogen-bond acceptors (Lipinski definition) is 4. The third kappa shape index (κ3) is 4.86. The number of carbonyl (C=O) groups is 2. The van der Waals surface area contributed by atoms with Crippen LogP contribution in [-0.4, -0.2) is 16.9 Å². The molecule has 0 aliphatic carbocycles. The molecule has 0 saturated carbocycles. The number of amides is 1. The fourth-order valence-corrected chi connectivity index (χ4v) is 3.11. The molecule has 1 atom stereocenters. The predicted octanol–water partition coefficient (Wildman–Crippen LogP) is 3.98. The lowest BCUT2D eigenvalue weighted by Crippen LogP contribution is -2.24. The summed E-state index contributed by atoms with van der Waals surface area (Å²) >= 11 is 1.49. The van der Waals surface area contributed by atoms with E-state index in [1.165, 1.54) is 18.7 Å². The van der Waals surface area contributed by atoms with Gasteiger partial charge in [0.2, 0.25) is 5.91 Å². The largest absolute Gasteiger partial charge is 0.399 e. The van der Waals surface area contributed by atoms with Gasteiger partial charge in [0.05, 0.1) is 5.25 Å². The molecule has 0 aliphatic rings. The third-order valence-corrected chi connectivity index (χ3v) is 4.72. The summed E-state index contributed by atoms with van der Waals surface area (Å²) in [5.74, 6) is -0.0537. The molecule has 4 nitrogen and oxygen atoms in total. The summed E-state index contributed by atoms with van der Waals surface area (Å²) in [6.45, 7) is 3.49. The monoisotopic (exact) mass is 328 g/mol. The average Bonchev–Trinajstić information content (AvgIpc) is 2.53. The molecule has 1 unspecified atom stereocenters. The van der Waals surface area contributed by atoms with Gasteiger partial charge in [-0.05, 0) is 55.8 Å². The van der Waals surface area contributed by atoms with Crippen LogP contribution in [0.3, 0.4) is 0 Å². The SMILES string of the molecule is CCC(Sc1cccc(N)c1)C(=O)Nc1ccc(C(C)=O)cc1. The van der Waals surface area contributed by atoms with Crippen LogP contribution in [0, 0.1) is 0 Å². The van der Waals surface area contributed by atoms with Crippen LogP contribution >= 0.6 is 11.8 Å². The number of nitrogens with one attached hydrogen (secondary N) is 1. The zero-order valence-electron chi connectivity index (χ0n) is 13.2. The van der Waals surface area contributed by atoms with Gasteiger partial charge in [0.25, 0.3) is 0 Å². The van der Waals surface area contributed by atoms with Gasteiger partial charge in [-0.3, -0.25) is 9.59 Å². The van der Waals surface area contributed by atoms with Crippen molar-refractivity contribution in [1.82, 2.24) is 0 Å². The van der Waals surface area contributed by atoms with Crippen LogP contribution in [0.2, 0.25) is 0 Å². The van der Waals surface area contributed by atoms with Crippen molar-refractivity contribution in [3.63, 3.8) is 0 Å². The number of nitrogens with two attached hydrogens (primary N) is 1. The highest BCUT2D eigenvalue weighted by atomic mass is 32.2. The first kappa shape index (κ1) is 17.1. The van der Waals surface area contributed by atoms with Crippen LogP contribution in [0.25, 0.3) is 0 Å². The zero-order chi connectivity index (χ0) is 16.8. The van der Waals surface area contributed by atoms with Crippen LogP contribution in [-0.2, 0) is 4.79 Å². The molecule has 0 bridgehead atoms. The van der Waals surface area contributed by atoms with Gasteiger partial charge < -0.3 is 11.1 Å². The topological polar surface area (TPSA) is 72.2 Å². The first-order valence-electron chi connectivity index (χ1n) is 7.43. The summed E-state index contributed by atoms with van der Waals surface area (Å²) in [4.78, 5) is 24.7. The Morgan fingerprint density at radius 2 is 1.87 bits per heavy atom. The first-order valence-corrected chi connectivity index (χ1v) is 8.31. The lowest BCUT2D eigenvalue weighted by Gasteiger charge is -2.15. The van der Waals surface area contributed by atoms with Crippen molar-refractivity contribution < 1.29 is 9.59 Å². The Labute approximate surface area is 140 Å². The van der Waals surface area contributed by atoms with E-state index >= 15 is 0 Å². The van der Waals surface area contributed by atoms with Gasteiger partial charge in [0.15, 0.2) is 5.78 Å². The van der Waals surface area contributed by atoms with Gasteiger partial charge >= 0.3 is 0 Å². The standard InChI is InChI=1S/C18H20N2O2S/c1-3-17(23-16-6-4-5-14(19)11-16)18(22)20-15-9-7-13(8-10-15)12(2)21/h4-11,17H,3,19H2,1-2H3,(H,20,22). The molecule has 0 saturated heterocycles. The number of thioether (sulfide) groups is 1. The molecule has 2 rings (SSSR count). The summed E-state index contributed by atoms with van der Waals surface area (Å²) in [7, 11) is 0. The molecule has 1 amide bonds. The summed E-state index contributed by atoms with van der Waals surface area (Å²) in [5, 5.41) is 2.69. The van der Waals surface area contributed by atoms with E-state index in [4.69, 9.17) is 5.73 Å². The second-order valence-electron chi connectivity index (χ2n) is 5.21. The highest BCUT2D eigenvalue weighted by molar-refractivity contribution is 8.00. The molecule has 23 heavy (non-hydrogen) atoms. The zero-order valence-corrected chi connectivity index (χ0v) is 14.0. The molecule has 0 fully saturated rings. The third-order valence-electron chi connectivity index (χ3n) is 3.36. The van der Waals surface area contributed by atoms with Crippen molar-refractivity contribution in [3.8, 4) is 0 Å². The minimum absolute atomic E-state index is 0.00605. The summed E-state index contributed by atoms with van der Waals surface area (Å²) in [5.41, 5.74) is 7.77. The van der Waals surface area contributed by atoms with Crippen molar-refractivity contribution in [2.24, 2.45) is 0 Å². The molecule has 2 aromatic rings. The van der Waals surface area contributed by atoms with Crippen molar-refractivity contribution in [2.75, 3.05) is 11.1 Å². The molecule has 3 N–H and O–H groups in total. The molecule has 120 valence electrons. The van der Waals surface area contributed by atoms with E-state index in [0.29, 0.717) is 23.4 Å². The van der Waals surface area contributed by atoms with Crippen LogP contribution < -0.4 is 11.1 Å². The van der Waals surface area contributed by atoms with E-state index in [1.807, 2.05) is 31.2 Å². The van der Waals surface area contributed by atoms with E-state index in [1.54, 1.807) is 24.3 Å². The summed E-state index contributed by atoms with van der Waals surface area (Å²) in [6.07, 6.45) is 0.705. The van der Waals surface area contributed by atoms with E-state index in [2.05, 4.69) is 5.32 Å². The molecule has 0 heterocycles. The summed E-state index contributed by atoms with van der Waals surface area (Å²) in [6, 6.07) is 14.4. The maximum Gasteiger partial charge on any atom is 0.237 e. The van der Waals surface area contributed by atoms with Gasteiger partial charge in [-0.25, -0.2) is 0 Å². The smallest absolute Gasteiger partial charge is 0.237 e. The van der Waals surface area contributed by atoms with E-state index < -0.39 is 0 Å². The minimum atomic E-state index is -0.204. The van der Waals surface area contributed by atoms with E-state index in [0.717, 1.165) is 4.90 Å². The number of nitrogen functional groups attached to an aromatic ring is 1. The van der Waals surface area contributed by atoms with Crippen molar-refractivity contribution in [1.29, 1.82) is 0 Å². The number of rotatable bonds is 6. The molecule has 2 aromatic carbocycles. The molecule has 0 aromatic heterocycles. The number of benzene rings is 2. The Morgan fingerprint density at radius 1 is 1.17 bits per heavy atom. The fraction of sp³-hybridized carbons (Fsp3) is 0.222. The highest BCUT2D eigenvalue weighted by Crippen LogP contribution is 2.27. The molecule has 0 spiro atoms. The maximum atomic E-state index is 12.4. The highest BCUT2D eigenvalue weighted by Gasteiger charge is 2.18. The van der Waals surface area contributed by atoms with Crippen LogP contribution in [0.5, 0.6) is 0 Å². The maximum absolute atomic E-state index is 12.4. The second kappa shape index (κ2) is 7.83. The number of ketones is 1. The Balaban J connectivity index is 2.03. The number of anilines is 2. The van der Waals surface area contributed by atoms with Crippen molar-refractivity contribution >= 4 is 34.8 Å². The van der Waals surface area contributed by atoms with Gasteiger partial charge in [-0.2, -0.15) is 0 Å². The predicted molar refractivity (Wildman–Crippen MR) is 95.9 cm³/mol. The quantitative estimate of drug-likeness (QED) is 0.478. The minimum Gasteiger partial charge on any atom is -0.399 e. The van der Waals surface area contributed by atoms with Gasteiger partial charge in [-0.15, -0.1) is 11.8 Å². The molecule has 5 heteroatoms. The Hall–Kier alpha value is -2.27. The molecular formula is C18H20N2O2S. The van der Waals surface area contributed by atoms with Gasteiger partial charge in [-0.1, -0.05) is 13.0 Å². The molecular weight excluding hydrogens is 308 g/mol. The normalized spacial score (nSPS) is 11.7. The Morgan fingerprint density at radius 3 is 2.43 bits per heavy atom. The Kier molecular flexibility index (Phi) is 5.82. The lowest BCUT2D eigenvalue weighted by atomic mass is 10.1. The molecule has 0 aliphatic heterocycles. The van der Waals surface area contributed by atoms with Crippen molar-refractivity contribution in [2.45, 2.75) is 30.4 Å². The van der Waals surface area contributed by atoms with Gasteiger partial charge in [0, 0.05) is 21.8 Å². The second-order valence-corrected chi connectivity index (χ2v) is 6.49. The first-order chi connectivity index (χ1) is 11.0. The number of carbonyl (C=O) groups excluding carboxylic acids is 2. The van der Waals surface area contributed by atoms with Crippen LogP contribution in [0.1, 0.15) is 30.6 Å². The Bertz CT molecular complexity index is 698. The van der Waals surface area contributed by atoms with E-state index in [-0.39, 0.29) is 16.9 Å². The van der Waals surface area contributed by atoms with Crippen LogP contribution in [0.15, 0.2) is 53.4 Å². The van der Waals surface area contributed by atoms with E-state index in [9.17, 15) is 9.59 Å². The fourth-order valence-electron chi connectivity index (χ4n) is 2.09. The van der Waals surface area contributed by atoms with Gasteiger partial charge in [0.1, 0.15) is 0 Å². The number of Topliss-reactive ketones (excluding diaryl/α,β-unsaturated/α-hetero) is 1. The lowest BCUT2D eigenvalue weighted by molar-refractivity contribution is -0.115.